The van der Waals surface area contributed by atoms with Crippen LogP contribution in [-0.4, -0.2) is 28.6 Å². The highest BCUT2D eigenvalue weighted by Gasteiger charge is 2.41. The lowest BCUT2D eigenvalue weighted by Gasteiger charge is -2.32. The third-order valence-electron chi connectivity index (χ3n) is 6.92. The molecule has 0 bridgehead atoms. The van der Waals surface area contributed by atoms with E-state index < -0.39 is 12.0 Å². The number of esters is 1. The summed E-state index contributed by atoms with van der Waals surface area (Å²) >= 11 is 0. The van der Waals surface area contributed by atoms with E-state index in [9.17, 15) is 9.59 Å². The van der Waals surface area contributed by atoms with E-state index in [2.05, 4.69) is 16.3 Å². The van der Waals surface area contributed by atoms with Gasteiger partial charge in [0.05, 0.1) is 11.8 Å². The van der Waals surface area contributed by atoms with E-state index >= 15 is 0 Å². The van der Waals surface area contributed by atoms with Gasteiger partial charge in [-0.2, -0.15) is 0 Å². The van der Waals surface area contributed by atoms with Gasteiger partial charge in [0.25, 0.3) is 5.89 Å². The summed E-state index contributed by atoms with van der Waals surface area (Å²) in [4.78, 5) is 28.5. The Kier molecular flexibility index (Phi) is 6.18. The molecule has 0 radical (unpaired) electrons. The predicted octanol–water partition coefficient (Wildman–Crippen LogP) is 5.04. The maximum absolute atomic E-state index is 13.5. The van der Waals surface area contributed by atoms with Crippen LogP contribution in [0.3, 0.4) is 0 Å². The molecule has 1 fully saturated rings. The number of aryl methyl sites for hydroxylation is 1. The van der Waals surface area contributed by atoms with Crippen molar-refractivity contribution in [2.45, 2.75) is 52.1 Å². The number of fused-ring (bicyclic) bond motifs is 1. The van der Waals surface area contributed by atoms with Crippen molar-refractivity contribution in [3.05, 3.63) is 65.5 Å². The van der Waals surface area contributed by atoms with E-state index in [1.165, 1.54) is 5.56 Å². The monoisotopic (exact) mass is 459 g/mol. The van der Waals surface area contributed by atoms with Crippen molar-refractivity contribution in [1.29, 1.82) is 0 Å². The summed E-state index contributed by atoms with van der Waals surface area (Å²) in [5.41, 5.74) is 4.10. The van der Waals surface area contributed by atoms with Crippen molar-refractivity contribution >= 4 is 17.6 Å². The molecule has 176 valence electrons. The Morgan fingerprint density at radius 3 is 2.56 bits per heavy atom. The Morgan fingerprint density at radius 2 is 1.76 bits per heavy atom. The summed E-state index contributed by atoms with van der Waals surface area (Å²) in [6, 6.07) is 15.8. The topological polar surface area (TPSA) is 85.5 Å². The van der Waals surface area contributed by atoms with Gasteiger partial charge in [-0.15, -0.1) is 10.2 Å². The minimum atomic E-state index is -0.690. The minimum absolute atomic E-state index is 0.0266. The van der Waals surface area contributed by atoms with Crippen molar-refractivity contribution in [1.82, 2.24) is 10.2 Å². The van der Waals surface area contributed by atoms with E-state index in [1.54, 1.807) is 6.92 Å². The summed E-state index contributed by atoms with van der Waals surface area (Å²) in [5, 5.41) is 8.19. The van der Waals surface area contributed by atoms with Gasteiger partial charge in [0.15, 0.2) is 6.10 Å². The van der Waals surface area contributed by atoms with Gasteiger partial charge in [0.1, 0.15) is 0 Å². The molecule has 3 unspecified atom stereocenters. The summed E-state index contributed by atoms with van der Waals surface area (Å²) in [7, 11) is 0. The van der Waals surface area contributed by atoms with Gasteiger partial charge in [0.2, 0.25) is 11.8 Å². The number of benzene rings is 2. The van der Waals surface area contributed by atoms with Crippen LogP contribution in [0.1, 0.15) is 55.7 Å². The molecular weight excluding hydrogens is 430 g/mol. The Bertz CT molecular complexity index is 1190. The minimum Gasteiger partial charge on any atom is -0.452 e. The molecule has 1 saturated carbocycles. The molecule has 1 amide bonds. The SMILES string of the molecule is Cc1ccc(-c2nnc(C(C)OC(=O)C3CCCCC3C(=O)N3CCc4ccccc43)o2)cc1. The molecule has 2 heterocycles. The van der Waals surface area contributed by atoms with Crippen molar-refractivity contribution in [2.75, 3.05) is 11.4 Å². The molecule has 0 N–H and O–H groups in total. The van der Waals surface area contributed by atoms with Gasteiger partial charge < -0.3 is 14.1 Å². The first-order valence-electron chi connectivity index (χ1n) is 12.0. The van der Waals surface area contributed by atoms with Crippen LogP contribution < -0.4 is 4.90 Å². The molecule has 2 aromatic carbocycles. The highest BCUT2D eigenvalue weighted by molar-refractivity contribution is 5.99. The zero-order valence-corrected chi connectivity index (χ0v) is 19.6. The number of carbonyl (C=O) groups is 2. The summed E-state index contributed by atoms with van der Waals surface area (Å²) < 4.78 is 11.5. The molecule has 5 rings (SSSR count). The highest BCUT2D eigenvalue weighted by atomic mass is 16.6. The maximum Gasteiger partial charge on any atom is 0.310 e. The van der Waals surface area contributed by atoms with Crippen LogP contribution in [0.2, 0.25) is 0 Å². The number of aromatic nitrogens is 2. The molecule has 1 aliphatic heterocycles. The largest absolute Gasteiger partial charge is 0.452 e. The zero-order chi connectivity index (χ0) is 23.7. The summed E-state index contributed by atoms with van der Waals surface area (Å²) in [6.45, 7) is 4.40. The van der Waals surface area contributed by atoms with Crippen LogP contribution >= 0.6 is 0 Å². The lowest BCUT2D eigenvalue weighted by molar-refractivity contribution is -0.160. The third-order valence-corrected chi connectivity index (χ3v) is 6.92. The number of amides is 1. The molecular formula is C27H29N3O4. The van der Waals surface area contributed by atoms with Gasteiger partial charge in [-0.25, -0.2) is 0 Å². The number of rotatable bonds is 5. The number of anilines is 1. The van der Waals surface area contributed by atoms with Gasteiger partial charge in [-0.3, -0.25) is 9.59 Å². The fourth-order valence-corrected chi connectivity index (χ4v) is 5.00. The van der Waals surface area contributed by atoms with Crippen LogP contribution in [-0.2, 0) is 20.7 Å². The van der Waals surface area contributed by atoms with Crippen molar-refractivity contribution in [2.24, 2.45) is 11.8 Å². The smallest absolute Gasteiger partial charge is 0.310 e. The zero-order valence-electron chi connectivity index (χ0n) is 19.6. The van der Waals surface area contributed by atoms with Crippen LogP contribution in [0.4, 0.5) is 5.69 Å². The van der Waals surface area contributed by atoms with E-state index in [0.717, 1.165) is 36.1 Å². The van der Waals surface area contributed by atoms with E-state index in [0.29, 0.717) is 25.3 Å². The Hall–Kier alpha value is -3.48. The van der Waals surface area contributed by atoms with Crippen molar-refractivity contribution < 1.29 is 18.7 Å². The molecule has 7 nitrogen and oxygen atoms in total. The Morgan fingerprint density at radius 1 is 1.03 bits per heavy atom. The average molecular weight is 460 g/mol. The first-order valence-corrected chi connectivity index (χ1v) is 12.0. The average Bonchev–Trinajstić information content (AvgIpc) is 3.52. The molecule has 3 atom stereocenters. The Balaban J connectivity index is 1.28. The molecule has 7 heteroatoms. The number of nitrogens with zero attached hydrogens (tertiary/aromatic N) is 3. The van der Waals surface area contributed by atoms with Gasteiger partial charge in [-0.05, 0) is 56.9 Å². The van der Waals surface area contributed by atoms with E-state index in [4.69, 9.17) is 9.15 Å². The number of hydrogen-bond acceptors (Lipinski definition) is 6. The third kappa shape index (κ3) is 4.34. The summed E-state index contributed by atoms with van der Waals surface area (Å²) in [6.07, 6.45) is 3.35. The van der Waals surface area contributed by atoms with Gasteiger partial charge in [0, 0.05) is 17.8 Å². The van der Waals surface area contributed by atoms with Crippen LogP contribution in [0, 0.1) is 18.8 Å². The van der Waals surface area contributed by atoms with Crippen LogP contribution in [0.25, 0.3) is 11.5 Å². The van der Waals surface area contributed by atoms with Crippen molar-refractivity contribution in [3.63, 3.8) is 0 Å². The fourth-order valence-electron chi connectivity index (χ4n) is 5.00. The van der Waals surface area contributed by atoms with Crippen molar-refractivity contribution in [3.8, 4) is 11.5 Å². The fraction of sp³-hybridized carbons (Fsp3) is 0.407. The molecule has 1 aromatic heterocycles. The van der Waals surface area contributed by atoms with Crippen LogP contribution in [0.5, 0.6) is 0 Å². The second-order valence-corrected chi connectivity index (χ2v) is 9.26. The van der Waals surface area contributed by atoms with Gasteiger partial charge in [-0.1, -0.05) is 48.7 Å². The lowest BCUT2D eigenvalue weighted by atomic mass is 9.78. The van der Waals surface area contributed by atoms with E-state index in [1.807, 2.05) is 54.3 Å². The number of carbonyl (C=O) groups excluding carboxylic acids is 2. The Labute approximate surface area is 199 Å². The number of hydrogen-bond donors (Lipinski definition) is 0. The molecule has 34 heavy (non-hydrogen) atoms. The molecule has 0 saturated heterocycles. The second-order valence-electron chi connectivity index (χ2n) is 9.26. The lowest BCUT2D eigenvalue weighted by Crippen LogP contribution is -2.42. The standard InChI is InChI=1S/C27H29N3O4/c1-17-11-13-20(14-12-17)25-29-28-24(34-25)18(2)33-27(32)22-9-5-4-8-21(22)26(31)30-16-15-19-7-3-6-10-23(19)30/h3,6-7,10-14,18,21-22H,4-5,8-9,15-16H2,1-2H3. The number of ether oxygens (including phenoxy) is 1. The first-order chi connectivity index (χ1) is 16.5. The predicted molar refractivity (Wildman–Crippen MR) is 127 cm³/mol. The molecule has 1 aliphatic carbocycles. The van der Waals surface area contributed by atoms with Crippen LogP contribution in [0.15, 0.2) is 52.9 Å². The quantitative estimate of drug-likeness (QED) is 0.497. The molecule has 3 aromatic rings. The molecule has 2 aliphatic rings. The second kappa shape index (κ2) is 9.41. The molecule has 0 spiro atoms. The maximum atomic E-state index is 13.5. The normalized spacial score (nSPS) is 20.6. The summed E-state index contributed by atoms with van der Waals surface area (Å²) in [5.74, 6) is -0.541. The highest BCUT2D eigenvalue weighted by Crippen LogP contribution is 2.37. The van der Waals surface area contributed by atoms with E-state index in [-0.39, 0.29) is 23.7 Å². The number of para-hydroxylation sites is 1. The first kappa shape index (κ1) is 22.3. The van der Waals surface area contributed by atoms with Gasteiger partial charge >= 0.3 is 5.97 Å².